The van der Waals surface area contributed by atoms with Crippen LogP contribution in [-0.4, -0.2) is 35.5 Å². The van der Waals surface area contributed by atoms with E-state index < -0.39 is 0 Å². The summed E-state index contributed by atoms with van der Waals surface area (Å²) in [6.45, 7) is 0.728. The number of carbonyl (C=O) groups excluding carboxylic acids is 2. The molecule has 0 radical (unpaired) electrons. The zero-order chi connectivity index (χ0) is 16.7. The van der Waals surface area contributed by atoms with Crippen molar-refractivity contribution in [3.63, 3.8) is 0 Å². The fraction of sp³-hybridized carbons (Fsp3) is 0.389. The van der Waals surface area contributed by atoms with E-state index in [0.717, 1.165) is 36.3 Å². The van der Waals surface area contributed by atoms with Crippen LogP contribution in [0.4, 0.5) is 5.69 Å². The maximum Gasteiger partial charge on any atom is 0.254 e. The quantitative estimate of drug-likeness (QED) is 0.851. The highest BCUT2D eigenvalue weighted by Gasteiger charge is 2.33. The van der Waals surface area contributed by atoms with E-state index in [1.807, 2.05) is 29.2 Å². The SMILES string of the molecule is CN1C(=O)CCc2cc(C(=O)N3CCC[C@H]3c3ccon3)ccc21. The highest BCUT2D eigenvalue weighted by Crippen LogP contribution is 2.33. The second-order valence-electron chi connectivity index (χ2n) is 6.38. The number of aromatic nitrogens is 1. The second kappa shape index (κ2) is 5.78. The van der Waals surface area contributed by atoms with Gasteiger partial charge in [0, 0.05) is 37.3 Å². The second-order valence-corrected chi connectivity index (χ2v) is 6.38. The number of aryl methyl sites for hydroxylation is 1. The van der Waals surface area contributed by atoms with Gasteiger partial charge in [-0.3, -0.25) is 9.59 Å². The number of hydrogen-bond acceptors (Lipinski definition) is 4. The van der Waals surface area contributed by atoms with Gasteiger partial charge < -0.3 is 14.3 Å². The molecule has 2 aliphatic rings. The van der Waals surface area contributed by atoms with Crippen LogP contribution in [0.5, 0.6) is 0 Å². The van der Waals surface area contributed by atoms with E-state index in [2.05, 4.69) is 5.16 Å². The molecule has 1 saturated heterocycles. The average Bonchev–Trinajstić information content (AvgIpc) is 3.27. The molecule has 1 atom stereocenters. The van der Waals surface area contributed by atoms with Crippen LogP contribution < -0.4 is 4.90 Å². The number of nitrogens with zero attached hydrogens (tertiary/aromatic N) is 3. The summed E-state index contributed by atoms with van der Waals surface area (Å²) < 4.78 is 4.93. The van der Waals surface area contributed by atoms with E-state index in [4.69, 9.17) is 4.52 Å². The van der Waals surface area contributed by atoms with E-state index in [1.54, 1.807) is 18.2 Å². The lowest BCUT2D eigenvalue weighted by molar-refractivity contribution is -0.118. The number of amides is 2. The number of rotatable bonds is 2. The third-order valence-electron chi connectivity index (χ3n) is 4.98. The number of anilines is 1. The molecule has 6 nitrogen and oxygen atoms in total. The Balaban J connectivity index is 1.62. The Kier molecular flexibility index (Phi) is 3.59. The van der Waals surface area contributed by atoms with Crippen LogP contribution in [0, 0.1) is 0 Å². The number of fused-ring (bicyclic) bond motifs is 1. The molecule has 0 bridgehead atoms. The average molecular weight is 325 g/mol. The van der Waals surface area contributed by atoms with Gasteiger partial charge in [0.2, 0.25) is 5.91 Å². The highest BCUT2D eigenvalue weighted by atomic mass is 16.5. The van der Waals surface area contributed by atoms with Crippen molar-refractivity contribution in [2.75, 3.05) is 18.5 Å². The van der Waals surface area contributed by atoms with E-state index in [0.29, 0.717) is 18.4 Å². The zero-order valence-corrected chi connectivity index (χ0v) is 13.6. The van der Waals surface area contributed by atoms with E-state index in [9.17, 15) is 9.59 Å². The maximum atomic E-state index is 13.0. The molecule has 4 rings (SSSR count). The first-order chi connectivity index (χ1) is 11.6. The van der Waals surface area contributed by atoms with Crippen molar-refractivity contribution in [1.82, 2.24) is 10.1 Å². The number of likely N-dealkylation sites (tertiary alicyclic amines) is 1. The predicted octanol–water partition coefficient (Wildman–Crippen LogP) is 2.56. The molecule has 0 spiro atoms. The van der Waals surface area contributed by atoms with Crippen LogP contribution in [0.3, 0.4) is 0 Å². The van der Waals surface area contributed by atoms with Gasteiger partial charge in [-0.1, -0.05) is 5.16 Å². The Bertz CT molecular complexity index is 785. The molecule has 0 N–H and O–H groups in total. The molecule has 1 aromatic carbocycles. The minimum absolute atomic E-state index is 0.0165. The van der Waals surface area contributed by atoms with Gasteiger partial charge in [0.25, 0.3) is 5.91 Å². The fourth-order valence-corrected chi connectivity index (χ4v) is 3.67. The number of benzene rings is 1. The highest BCUT2D eigenvalue weighted by molar-refractivity contribution is 5.99. The van der Waals surface area contributed by atoms with Crippen LogP contribution in [0.1, 0.15) is 46.9 Å². The third kappa shape index (κ3) is 2.38. The van der Waals surface area contributed by atoms with E-state index >= 15 is 0 Å². The van der Waals surface area contributed by atoms with Gasteiger partial charge in [-0.05, 0) is 43.0 Å². The summed E-state index contributed by atoms with van der Waals surface area (Å²) in [7, 11) is 1.78. The van der Waals surface area contributed by atoms with Crippen LogP contribution >= 0.6 is 0 Å². The molecule has 2 aliphatic heterocycles. The van der Waals surface area contributed by atoms with Crippen LogP contribution in [0.25, 0.3) is 0 Å². The monoisotopic (exact) mass is 325 g/mol. The van der Waals surface area contributed by atoms with E-state index in [-0.39, 0.29) is 17.9 Å². The Labute approximate surface area is 140 Å². The first kappa shape index (κ1) is 14.9. The molecule has 1 fully saturated rings. The first-order valence-corrected chi connectivity index (χ1v) is 8.26. The summed E-state index contributed by atoms with van der Waals surface area (Å²) in [6.07, 6.45) is 4.59. The van der Waals surface area contributed by atoms with Gasteiger partial charge in [0.1, 0.15) is 12.0 Å². The summed E-state index contributed by atoms with van der Waals surface area (Å²) >= 11 is 0. The van der Waals surface area contributed by atoms with Crippen LogP contribution in [-0.2, 0) is 11.2 Å². The number of hydrogen-bond donors (Lipinski definition) is 0. The number of carbonyl (C=O) groups is 2. The fourth-order valence-electron chi connectivity index (χ4n) is 3.67. The summed E-state index contributed by atoms with van der Waals surface area (Å²) in [4.78, 5) is 28.3. The zero-order valence-electron chi connectivity index (χ0n) is 13.6. The van der Waals surface area contributed by atoms with Crippen molar-refractivity contribution in [2.45, 2.75) is 31.7 Å². The van der Waals surface area contributed by atoms with Gasteiger partial charge >= 0.3 is 0 Å². The normalized spacial score (nSPS) is 20.4. The van der Waals surface area contributed by atoms with Gasteiger partial charge in [-0.15, -0.1) is 0 Å². The third-order valence-corrected chi connectivity index (χ3v) is 4.98. The Hall–Kier alpha value is -2.63. The van der Waals surface area contributed by atoms with Crippen LogP contribution in [0.2, 0.25) is 0 Å². The van der Waals surface area contributed by atoms with Crippen molar-refractivity contribution in [3.8, 4) is 0 Å². The summed E-state index contributed by atoms with van der Waals surface area (Å²) in [5.41, 5.74) is 3.44. The Morgan fingerprint density at radius 3 is 2.96 bits per heavy atom. The van der Waals surface area contributed by atoms with Gasteiger partial charge in [-0.2, -0.15) is 0 Å². The largest absolute Gasteiger partial charge is 0.364 e. The van der Waals surface area contributed by atoms with Crippen molar-refractivity contribution in [2.24, 2.45) is 0 Å². The Morgan fingerprint density at radius 1 is 1.29 bits per heavy atom. The first-order valence-electron chi connectivity index (χ1n) is 8.26. The van der Waals surface area contributed by atoms with Gasteiger partial charge in [0.05, 0.1) is 6.04 Å². The summed E-state index contributed by atoms with van der Waals surface area (Å²) in [6, 6.07) is 7.43. The molecule has 24 heavy (non-hydrogen) atoms. The Morgan fingerprint density at radius 2 is 2.17 bits per heavy atom. The molecule has 0 saturated carbocycles. The predicted molar refractivity (Wildman–Crippen MR) is 87.7 cm³/mol. The lowest BCUT2D eigenvalue weighted by Gasteiger charge is -2.27. The molecule has 2 aromatic rings. The van der Waals surface area contributed by atoms with Crippen molar-refractivity contribution in [3.05, 3.63) is 47.3 Å². The molecule has 3 heterocycles. The molecular formula is C18H19N3O3. The van der Waals surface area contributed by atoms with Gasteiger partial charge in [0.15, 0.2) is 0 Å². The standard InChI is InChI=1S/C18H19N3O3/c1-20-15-6-4-13(11-12(15)5-7-17(20)22)18(23)21-9-2-3-16(21)14-8-10-24-19-14/h4,6,8,10-11,16H,2-3,5,7,9H2,1H3/t16-/m0/s1. The summed E-state index contributed by atoms with van der Waals surface area (Å²) in [5.74, 6) is 0.134. The lowest BCUT2D eigenvalue weighted by atomic mass is 9.98. The molecular weight excluding hydrogens is 306 g/mol. The molecule has 6 heteroatoms. The van der Waals surface area contributed by atoms with Crippen molar-refractivity contribution in [1.29, 1.82) is 0 Å². The van der Waals surface area contributed by atoms with Crippen molar-refractivity contribution >= 4 is 17.5 Å². The molecule has 0 aliphatic carbocycles. The topological polar surface area (TPSA) is 66.7 Å². The van der Waals surface area contributed by atoms with Gasteiger partial charge in [-0.25, -0.2) is 0 Å². The van der Waals surface area contributed by atoms with E-state index in [1.165, 1.54) is 0 Å². The van der Waals surface area contributed by atoms with Crippen LogP contribution in [0.15, 0.2) is 35.1 Å². The molecule has 2 amide bonds. The summed E-state index contributed by atoms with van der Waals surface area (Å²) in [5, 5.41) is 4.00. The minimum Gasteiger partial charge on any atom is -0.364 e. The molecule has 124 valence electrons. The van der Waals surface area contributed by atoms with Crippen molar-refractivity contribution < 1.29 is 14.1 Å². The molecule has 0 unspecified atom stereocenters. The minimum atomic E-state index is -0.0171. The maximum absolute atomic E-state index is 13.0. The lowest BCUT2D eigenvalue weighted by Crippen LogP contribution is -2.33. The molecule has 1 aromatic heterocycles. The smallest absolute Gasteiger partial charge is 0.254 e.